The molecule has 0 aliphatic carbocycles. The third-order valence-corrected chi connectivity index (χ3v) is 25.0. The van der Waals surface area contributed by atoms with E-state index in [-0.39, 0.29) is 24.4 Å². The predicted octanol–water partition coefficient (Wildman–Crippen LogP) is 25.4. The number of nitrogens with zero attached hydrogens (tertiary/aromatic N) is 4. The zero-order chi connectivity index (χ0) is 73.8. The lowest BCUT2D eigenvalue weighted by Gasteiger charge is -2.44. The molecule has 0 aromatic carbocycles. The summed E-state index contributed by atoms with van der Waals surface area (Å²) in [6.07, 6.45) is 92.1. The van der Waals surface area contributed by atoms with Gasteiger partial charge in [0.1, 0.15) is 0 Å². The van der Waals surface area contributed by atoms with Crippen LogP contribution in [0.5, 0.6) is 0 Å². The minimum absolute atomic E-state index is 0.331. The fourth-order valence-corrected chi connectivity index (χ4v) is 17.9. The molecule has 4 N–H and O–H groups in total. The molecule has 6 atom stereocenters. The number of hydrogen-bond acceptors (Lipinski definition) is 12. The highest BCUT2D eigenvalue weighted by Crippen LogP contribution is 2.27. The molecule has 0 aromatic heterocycles. The highest BCUT2D eigenvalue weighted by Gasteiger charge is 2.28. The molecule has 6 unspecified atom stereocenters. The number of aliphatic hydroxyl groups is 4. The molecule has 1 rings (SSSR count). The zero-order valence-electron chi connectivity index (χ0n) is 67.8. The van der Waals surface area contributed by atoms with Crippen molar-refractivity contribution in [3.05, 3.63) is 97.2 Å². The molecule has 0 bridgehead atoms. The van der Waals surface area contributed by atoms with Crippen LogP contribution in [0.4, 0.5) is 0 Å². The molecular formula is C90H168N4O4S4. The van der Waals surface area contributed by atoms with Gasteiger partial charge < -0.3 is 20.4 Å². The van der Waals surface area contributed by atoms with Crippen LogP contribution in [0, 0.1) is 0 Å². The lowest BCUT2D eigenvalue weighted by Crippen LogP contribution is -2.57. The van der Waals surface area contributed by atoms with Gasteiger partial charge in [-0.15, -0.1) is 0 Å². The number of unbranched alkanes of at least 4 members (excludes halogenated alkanes) is 30. The molecule has 1 aliphatic heterocycles. The van der Waals surface area contributed by atoms with Crippen LogP contribution >= 0.6 is 43.2 Å². The van der Waals surface area contributed by atoms with Gasteiger partial charge in [-0.1, -0.05) is 297 Å². The van der Waals surface area contributed by atoms with Gasteiger partial charge in [-0.3, -0.25) is 19.6 Å². The number of aliphatic hydroxyl groups excluding tert-OH is 4. The van der Waals surface area contributed by atoms with E-state index in [1.165, 1.54) is 193 Å². The van der Waals surface area contributed by atoms with Gasteiger partial charge in [-0.05, 0) is 207 Å². The average molecular weight is 1500 g/mol. The summed E-state index contributed by atoms with van der Waals surface area (Å²) < 4.78 is 0. The van der Waals surface area contributed by atoms with Crippen molar-refractivity contribution in [2.45, 2.75) is 386 Å². The Morgan fingerprint density at radius 3 is 0.755 bits per heavy atom. The maximum atomic E-state index is 11.2. The normalized spacial score (nSPS) is 16.6. The fourth-order valence-electron chi connectivity index (χ4n) is 13.6. The molecule has 0 radical (unpaired) electrons. The Bertz CT molecular complexity index is 1730. The lowest BCUT2D eigenvalue weighted by molar-refractivity contribution is 0.0516. The molecule has 1 aliphatic rings. The van der Waals surface area contributed by atoms with Crippen molar-refractivity contribution < 1.29 is 20.4 Å². The first kappa shape index (κ1) is 99.0. The van der Waals surface area contributed by atoms with E-state index >= 15 is 0 Å². The summed E-state index contributed by atoms with van der Waals surface area (Å²) in [6, 6.07) is 1.14. The Hall–Kier alpha value is -1.00. The van der Waals surface area contributed by atoms with Crippen molar-refractivity contribution in [3.63, 3.8) is 0 Å². The van der Waals surface area contributed by atoms with Crippen molar-refractivity contribution in [1.82, 2.24) is 19.6 Å². The zero-order valence-corrected chi connectivity index (χ0v) is 71.0. The highest BCUT2D eigenvalue weighted by molar-refractivity contribution is 8.77. The second-order valence-corrected chi connectivity index (χ2v) is 35.6. The van der Waals surface area contributed by atoms with Gasteiger partial charge in [0.25, 0.3) is 0 Å². The minimum atomic E-state index is -0.331. The van der Waals surface area contributed by atoms with Crippen LogP contribution in [0.25, 0.3) is 0 Å². The topological polar surface area (TPSA) is 93.9 Å². The van der Waals surface area contributed by atoms with Crippen LogP contribution in [0.1, 0.15) is 350 Å². The third-order valence-electron chi connectivity index (χ3n) is 20.1. The standard InChI is InChI=1S/C90H168N4O4S4/c1-7-11-15-19-23-27-31-35-39-43-47-51-55-59-67-87(95)81-91(82-88(96)68-60-56-52-48-44-40-36-32-28-24-20-16-12-8-2)71-63-65-75-99-101-77-73-93-79-86(6)94(80-85(93)5)74-78-102-100-76-66-64-72-92(83-89(97)69-61-57-53-49-45-41-37-33-29-25-21-17-13-9-3)84-90(98)70-62-58-54-50-46-42-38-34-30-26-22-18-14-10-4/h23-30,35-42,85-90,95-98H,7-22,31-34,43-84H2,1-6H3/b27-23-,28-24-,29-25-,30-26-,39-35-,40-36-,41-37-,42-38-. The van der Waals surface area contributed by atoms with Crippen LogP contribution in [0.2, 0.25) is 0 Å². The molecule has 0 spiro atoms. The molecule has 1 saturated heterocycles. The molecule has 8 nitrogen and oxygen atoms in total. The summed E-state index contributed by atoms with van der Waals surface area (Å²) in [5, 5.41) is 45.0. The van der Waals surface area contributed by atoms with Crippen LogP contribution in [-0.4, -0.2) is 165 Å². The van der Waals surface area contributed by atoms with Crippen molar-refractivity contribution >= 4 is 43.2 Å². The van der Waals surface area contributed by atoms with E-state index in [1.54, 1.807) is 0 Å². The third kappa shape index (κ3) is 69.5. The maximum Gasteiger partial charge on any atom is 0.0667 e. The van der Waals surface area contributed by atoms with Gasteiger partial charge in [-0.25, -0.2) is 0 Å². The van der Waals surface area contributed by atoms with E-state index < -0.39 is 0 Å². The first-order chi connectivity index (χ1) is 50.1. The Balaban J connectivity index is 2.49. The summed E-state index contributed by atoms with van der Waals surface area (Å²) >= 11 is 0. The summed E-state index contributed by atoms with van der Waals surface area (Å²) in [5.41, 5.74) is 0. The Morgan fingerprint density at radius 1 is 0.284 bits per heavy atom. The van der Waals surface area contributed by atoms with E-state index in [9.17, 15) is 20.4 Å². The highest BCUT2D eigenvalue weighted by atomic mass is 33.1. The molecule has 596 valence electrons. The number of allylic oxidation sites excluding steroid dienone is 16. The summed E-state index contributed by atoms with van der Waals surface area (Å²) in [6.45, 7) is 23.1. The second kappa shape index (κ2) is 79.5. The molecule has 0 aromatic rings. The predicted molar refractivity (Wildman–Crippen MR) is 466 cm³/mol. The van der Waals surface area contributed by atoms with E-state index in [4.69, 9.17) is 0 Å². The van der Waals surface area contributed by atoms with Crippen LogP contribution in [-0.2, 0) is 0 Å². The summed E-state index contributed by atoms with van der Waals surface area (Å²) in [4.78, 5) is 10.2. The van der Waals surface area contributed by atoms with Gasteiger partial charge in [-0.2, -0.15) is 0 Å². The van der Waals surface area contributed by atoms with E-state index in [0.717, 1.165) is 178 Å². The van der Waals surface area contributed by atoms with E-state index in [2.05, 4.69) is 158 Å². The SMILES string of the molecule is CCCCC/C=C\C/C=C\CCCCCCC(O)CN(CCCCSSCCN1CC(C)N(CCSSCCCCN(CC(O)CCCCCC/C=C\C/C=C\CCCCC)CC(O)CCCCCC/C=C\C/C=C\CCCCC)CC1C)CC(O)CCCCCC/C=C\C/C=C\CCCCC. The molecule has 0 amide bonds. The molecule has 1 heterocycles. The van der Waals surface area contributed by atoms with Gasteiger partial charge >= 0.3 is 0 Å². The second-order valence-electron chi connectivity index (χ2n) is 30.2. The first-order valence-corrected chi connectivity index (χ1v) is 48.4. The van der Waals surface area contributed by atoms with Gasteiger partial charge in [0.05, 0.1) is 24.4 Å². The van der Waals surface area contributed by atoms with Gasteiger partial charge in [0.2, 0.25) is 0 Å². The Morgan fingerprint density at radius 2 is 0.510 bits per heavy atom. The first-order valence-electron chi connectivity index (χ1n) is 43.5. The van der Waals surface area contributed by atoms with Gasteiger partial charge in [0, 0.05) is 87.5 Å². The molecular weight excluding hydrogens is 1330 g/mol. The quantitative estimate of drug-likeness (QED) is 0.0265. The Labute approximate surface area is 650 Å². The maximum absolute atomic E-state index is 11.2. The largest absolute Gasteiger partial charge is 0.392 e. The van der Waals surface area contributed by atoms with Crippen molar-refractivity contribution in [1.29, 1.82) is 0 Å². The van der Waals surface area contributed by atoms with Crippen molar-refractivity contribution in [2.24, 2.45) is 0 Å². The van der Waals surface area contributed by atoms with Crippen LogP contribution in [0.3, 0.4) is 0 Å². The number of piperazine rings is 1. The van der Waals surface area contributed by atoms with Crippen LogP contribution in [0.15, 0.2) is 97.2 Å². The number of rotatable bonds is 78. The summed E-state index contributed by atoms with van der Waals surface area (Å²) in [5.74, 6) is 4.61. The Kier molecular flexibility index (Phi) is 77.2. The summed E-state index contributed by atoms with van der Waals surface area (Å²) in [7, 11) is 8.16. The molecule has 102 heavy (non-hydrogen) atoms. The fraction of sp³-hybridized carbons (Fsp3) is 0.822. The average Bonchev–Trinajstić information content (AvgIpc) is 0.851. The minimum Gasteiger partial charge on any atom is -0.392 e. The van der Waals surface area contributed by atoms with Gasteiger partial charge in [0.15, 0.2) is 0 Å². The molecule has 12 heteroatoms. The van der Waals surface area contributed by atoms with Crippen molar-refractivity contribution in [3.8, 4) is 0 Å². The number of hydrogen-bond donors (Lipinski definition) is 4. The smallest absolute Gasteiger partial charge is 0.0667 e. The molecule has 1 fully saturated rings. The van der Waals surface area contributed by atoms with E-state index in [0.29, 0.717) is 38.3 Å². The van der Waals surface area contributed by atoms with Crippen molar-refractivity contribution in [2.75, 3.05) is 88.5 Å². The van der Waals surface area contributed by atoms with Crippen LogP contribution < -0.4 is 0 Å². The monoisotopic (exact) mass is 1500 g/mol. The lowest BCUT2D eigenvalue weighted by atomic mass is 10.1. The van der Waals surface area contributed by atoms with E-state index in [1.807, 2.05) is 43.2 Å². The molecule has 0 saturated carbocycles.